The molecule has 1 amide bonds. The topological polar surface area (TPSA) is 80.0 Å². The summed E-state index contributed by atoms with van der Waals surface area (Å²) in [5, 5.41) is 18.5. The van der Waals surface area contributed by atoms with Gasteiger partial charge in [-0.3, -0.25) is 9.48 Å². The number of benzene rings is 2. The van der Waals surface area contributed by atoms with E-state index in [-0.39, 0.29) is 17.6 Å². The fourth-order valence-corrected chi connectivity index (χ4v) is 3.85. The Morgan fingerprint density at radius 1 is 1.13 bits per heavy atom. The van der Waals surface area contributed by atoms with Crippen molar-refractivity contribution < 1.29 is 9.90 Å². The quantitative estimate of drug-likeness (QED) is 0.442. The Hall–Kier alpha value is -3.67. The SMILES string of the molecule is Cc1cc(O)c(C(C)C)cc1NC(=O)c1cc(-c2cn(C)nc2C)nc2ccccc12. The van der Waals surface area contributed by atoms with Crippen molar-refractivity contribution in [3.8, 4) is 17.0 Å². The summed E-state index contributed by atoms with van der Waals surface area (Å²) in [6.45, 7) is 7.82. The third-order valence-electron chi connectivity index (χ3n) is 5.49. The van der Waals surface area contributed by atoms with Crippen molar-refractivity contribution in [2.24, 2.45) is 7.05 Å². The van der Waals surface area contributed by atoms with Crippen LogP contribution in [0.3, 0.4) is 0 Å². The fraction of sp³-hybridized carbons (Fsp3) is 0.240. The van der Waals surface area contributed by atoms with Crippen molar-refractivity contribution >= 4 is 22.5 Å². The molecule has 0 spiro atoms. The number of aryl methyl sites for hydroxylation is 3. The van der Waals surface area contributed by atoms with E-state index in [0.29, 0.717) is 16.9 Å². The van der Waals surface area contributed by atoms with Gasteiger partial charge in [0, 0.05) is 29.9 Å². The molecular weight excluding hydrogens is 388 g/mol. The molecule has 2 heterocycles. The summed E-state index contributed by atoms with van der Waals surface area (Å²) in [4.78, 5) is 18.2. The lowest BCUT2D eigenvalue weighted by Gasteiger charge is -2.15. The van der Waals surface area contributed by atoms with E-state index in [4.69, 9.17) is 4.98 Å². The number of aromatic hydroxyl groups is 1. The van der Waals surface area contributed by atoms with Gasteiger partial charge in [-0.25, -0.2) is 4.98 Å². The second-order valence-electron chi connectivity index (χ2n) is 8.21. The minimum Gasteiger partial charge on any atom is -0.508 e. The Balaban J connectivity index is 1.81. The first kappa shape index (κ1) is 20.6. The molecular formula is C25H26N4O2. The molecule has 0 saturated heterocycles. The van der Waals surface area contributed by atoms with E-state index in [0.717, 1.165) is 33.3 Å². The van der Waals surface area contributed by atoms with Gasteiger partial charge in [-0.05, 0) is 55.2 Å². The van der Waals surface area contributed by atoms with Crippen molar-refractivity contribution in [3.05, 3.63) is 71.0 Å². The number of rotatable bonds is 4. The van der Waals surface area contributed by atoms with Crippen LogP contribution in [0.4, 0.5) is 5.69 Å². The van der Waals surface area contributed by atoms with Crippen LogP contribution in [0.25, 0.3) is 22.2 Å². The second kappa shape index (κ2) is 7.87. The molecule has 6 nitrogen and oxygen atoms in total. The standard InChI is InChI=1S/C25H26N4O2/c1-14(2)18-11-22(15(3)10-24(18)30)27-25(31)19-12-23(20-13-29(5)28-16(20)4)26-21-9-7-6-8-17(19)21/h6-14,30H,1-5H3,(H,27,31). The molecule has 0 atom stereocenters. The Bertz CT molecular complexity index is 1300. The predicted molar refractivity (Wildman–Crippen MR) is 124 cm³/mol. The molecule has 0 fully saturated rings. The molecule has 31 heavy (non-hydrogen) atoms. The molecule has 2 aromatic carbocycles. The number of phenolic OH excluding ortho intramolecular Hbond substituents is 1. The Morgan fingerprint density at radius 3 is 2.55 bits per heavy atom. The number of phenols is 1. The monoisotopic (exact) mass is 414 g/mol. The van der Waals surface area contributed by atoms with Gasteiger partial charge in [0.15, 0.2) is 0 Å². The third kappa shape index (κ3) is 3.89. The molecule has 6 heteroatoms. The summed E-state index contributed by atoms with van der Waals surface area (Å²) in [7, 11) is 1.87. The van der Waals surface area contributed by atoms with E-state index >= 15 is 0 Å². The molecule has 0 unspecified atom stereocenters. The lowest BCUT2D eigenvalue weighted by molar-refractivity contribution is 0.102. The maximum absolute atomic E-state index is 13.4. The van der Waals surface area contributed by atoms with E-state index < -0.39 is 0 Å². The number of anilines is 1. The van der Waals surface area contributed by atoms with Crippen LogP contribution in [-0.2, 0) is 7.05 Å². The first-order valence-electron chi connectivity index (χ1n) is 10.3. The van der Waals surface area contributed by atoms with Gasteiger partial charge in [-0.15, -0.1) is 0 Å². The zero-order valence-corrected chi connectivity index (χ0v) is 18.4. The van der Waals surface area contributed by atoms with Crippen molar-refractivity contribution in [2.45, 2.75) is 33.6 Å². The van der Waals surface area contributed by atoms with Crippen LogP contribution < -0.4 is 5.32 Å². The van der Waals surface area contributed by atoms with E-state index in [1.807, 2.05) is 77.3 Å². The summed E-state index contributed by atoms with van der Waals surface area (Å²) in [5.74, 6) is 0.164. The van der Waals surface area contributed by atoms with Crippen LogP contribution in [0, 0.1) is 13.8 Å². The predicted octanol–water partition coefficient (Wildman–Crippen LogP) is 5.33. The summed E-state index contributed by atoms with van der Waals surface area (Å²) >= 11 is 0. The number of amides is 1. The smallest absolute Gasteiger partial charge is 0.256 e. The molecule has 0 aliphatic rings. The molecule has 4 aromatic rings. The number of pyridine rings is 1. The number of carbonyl (C=O) groups excluding carboxylic acids is 1. The first-order chi connectivity index (χ1) is 14.7. The molecule has 0 aliphatic carbocycles. The maximum Gasteiger partial charge on any atom is 0.256 e. The summed E-state index contributed by atoms with van der Waals surface area (Å²) < 4.78 is 1.74. The van der Waals surface area contributed by atoms with Gasteiger partial charge >= 0.3 is 0 Å². The Labute approximate surface area is 181 Å². The fourth-order valence-electron chi connectivity index (χ4n) is 3.85. The number of nitrogens with one attached hydrogen (secondary N) is 1. The van der Waals surface area contributed by atoms with E-state index in [1.165, 1.54) is 0 Å². The number of hydrogen-bond acceptors (Lipinski definition) is 4. The van der Waals surface area contributed by atoms with Gasteiger partial charge in [-0.1, -0.05) is 32.0 Å². The van der Waals surface area contributed by atoms with Crippen molar-refractivity contribution in [3.63, 3.8) is 0 Å². The van der Waals surface area contributed by atoms with Gasteiger partial charge in [0.05, 0.1) is 22.5 Å². The average molecular weight is 415 g/mol. The minimum absolute atomic E-state index is 0.137. The van der Waals surface area contributed by atoms with E-state index in [2.05, 4.69) is 10.4 Å². The van der Waals surface area contributed by atoms with Crippen LogP contribution in [0.2, 0.25) is 0 Å². The minimum atomic E-state index is -0.218. The van der Waals surface area contributed by atoms with E-state index in [9.17, 15) is 9.90 Å². The summed E-state index contributed by atoms with van der Waals surface area (Å²) in [5.41, 5.74) is 6.04. The third-order valence-corrected chi connectivity index (χ3v) is 5.49. The van der Waals surface area contributed by atoms with E-state index in [1.54, 1.807) is 10.7 Å². The van der Waals surface area contributed by atoms with Gasteiger partial charge in [0.1, 0.15) is 5.75 Å². The molecule has 2 aromatic heterocycles. The number of hydrogen-bond donors (Lipinski definition) is 2. The van der Waals surface area contributed by atoms with Crippen LogP contribution in [-0.4, -0.2) is 25.8 Å². The molecule has 0 aliphatic heterocycles. The van der Waals surface area contributed by atoms with Gasteiger partial charge in [0.2, 0.25) is 0 Å². The number of para-hydroxylation sites is 1. The number of fused-ring (bicyclic) bond motifs is 1. The van der Waals surface area contributed by atoms with Crippen LogP contribution >= 0.6 is 0 Å². The molecule has 4 rings (SSSR count). The van der Waals surface area contributed by atoms with Crippen molar-refractivity contribution in [2.75, 3.05) is 5.32 Å². The Kier molecular flexibility index (Phi) is 5.23. The second-order valence-corrected chi connectivity index (χ2v) is 8.21. The summed E-state index contributed by atoms with van der Waals surface area (Å²) in [6.07, 6.45) is 1.91. The zero-order chi connectivity index (χ0) is 22.3. The lowest BCUT2D eigenvalue weighted by atomic mass is 9.98. The van der Waals surface area contributed by atoms with Gasteiger partial charge in [0.25, 0.3) is 5.91 Å². The highest BCUT2D eigenvalue weighted by Gasteiger charge is 2.18. The average Bonchev–Trinajstić information content (AvgIpc) is 3.06. The zero-order valence-electron chi connectivity index (χ0n) is 18.4. The van der Waals surface area contributed by atoms with Crippen LogP contribution in [0.5, 0.6) is 5.75 Å². The van der Waals surface area contributed by atoms with Crippen molar-refractivity contribution in [1.29, 1.82) is 0 Å². The Morgan fingerprint density at radius 2 is 1.87 bits per heavy atom. The van der Waals surface area contributed by atoms with Gasteiger partial charge in [-0.2, -0.15) is 5.10 Å². The summed E-state index contributed by atoms with van der Waals surface area (Å²) in [6, 6.07) is 13.0. The molecule has 0 saturated carbocycles. The number of carbonyl (C=O) groups is 1. The van der Waals surface area contributed by atoms with Crippen LogP contribution in [0.1, 0.15) is 46.9 Å². The van der Waals surface area contributed by atoms with Crippen molar-refractivity contribution in [1.82, 2.24) is 14.8 Å². The molecule has 0 radical (unpaired) electrons. The molecule has 2 N–H and O–H groups in total. The molecule has 0 bridgehead atoms. The maximum atomic E-state index is 13.4. The first-order valence-corrected chi connectivity index (χ1v) is 10.3. The highest BCUT2D eigenvalue weighted by atomic mass is 16.3. The molecule has 158 valence electrons. The number of aromatic nitrogens is 3. The number of nitrogens with zero attached hydrogens (tertiary/aromatic N) is 3. The normalized spacial score (nSPS) is 11.3. The largest absolute Gasteiger partial charge is 0.508 e. The lowest BCUT2D eigenvalue weighted by Crippen LogP contribution is -2.14. The van der Waals surface area contributed by atoms with Gasteiger partial charge < -0.3 is 10.4 Å². The highest BCUT2D eigenvalue weighted by molar-refractivity contribution is 6.13. The van der Waals surface area contributed by atoms with Crippen LogP contribution in [0.15, 0.2) is 48.7 Å². The highest BCUT2D eigenvalue weighted by Crippen LogP contribution is 2.32.